The van der Waals surface area contributed by atoms with Crippen LogP contribution in [0.4, 0.5) is 0 Å². The van der Waals surface area contributed by atoms with Gasteiger partial charge in [0.25, 0.3) is 0 Å². The third-order valence-electron chi connectivity index (χ3n) is 5.12. The van der Waals surface area contributed by atoms with E-state index in [4.69, 9.17) is 14.7 Å². The summed E-state index contributed by atoms with van der Waals surface area (Å²) in [6, 6.07) is 23.3. The Morgan fingerprint density at radius 1 is 1.06 bits per heavy atom. The van der Waals surface area contributed by atoms with Gasteiger partial charge in [-0.3, -0.25) is 4.90 Å². The molecule has 2 aromatic carbocycles. The first kappa shape index (κ1) is 20.5. The Hall–Kier alpha value is -3.82. The minimum Gasteiger partial charge on any atom is -0.479 e. The molecule has 0 N–H and O–H groups in total. The highest BCUT2D eigenvalue weighted by Gasteiger charge is 2.20. The van der Waals surface area contributed by atoms with Gasteiger partial charge in [-0.05, 0) is 36.9 Å². The molecule has 0 saturated heterocycles. The van der Waals surface area contributed by atoms with E-state index in [1.54, 1.807) is 6.07 Å². The molecule has 0 aliphatic carbocycles. The summed E-state index contributed by atoms with van der Waals surface area (Å²) in [5, 5.41) is 9.54. The second kappa shape index (κ2) is 9.33. The molecule has 0 unspecified atom stereocenters. The fourth-order valence-electron chi connectivity index (χ4n) is 3.68. The van der Waals surface area contributed by atoms with Gasteiger partial charge >= 0.3 is 5.97 Å². The van der Waals surface area contributed by atoms with Crippen molar-refractivity contribution in [3.63, 3.8) is 0 Å². The van der Waals surface area contributed by atoms with Crippen LogP contribution < -0.4 is 4.74 Å². The summed E-state index contributed by atoms with van der Waals surface area (Å²) in [6.45, 7) is 1.70. The lowest BCUT2D eigenvalue weighted by atomic mass is 10.1. The molecular weight excluding hydrogens is 390 g/mol. The molecular formula is C25H23N3O3. The monoisotopic (exact) mass is 413 g/mol. The Balaban J connectivity index is 1.51. The summed E-state index contributed by atoms with van der Waals surface area (Å²) in [5.41, 5.74) is 3.36. The molecule has 0 saturated carbocycles. The second-order valence-electron chi connectivity index (χ2n) is 7.32. The number of carbonyl (C=O) groups is 1. The maximum absolute atomic E-state index is 13.0. The maximum Gasteiger partial charge on any atom is 0.341 e. The van der Waals surface area contributed by atoms with Gasteiger partial charge in [0.15, 0.2) is 6.61 Å². The molecule has 0 atom stereocenters. The van der Waals surface area contributed by atoms with Crippen LogP contribution in [0.5, 0.6) is 5.75 Å². The molecule has 6 nitrogen and oxygen atoms in total. The number of nitrogens with zero attached hydrogens (tertiary/aromatic N) is 3. The van der Waals surface area contributed by atoms with E-state index in [0.717, 1.165) is 23.0 Å². The molecule has 2 aromatic heterocycles. The van der Waals surface area contributed by atoms with E-state index in [-0.39, 0.29) is 12.6 Å². The number of benzene rings is 2. The van der Waals surface area contributed by atoms with E-state index in [2.05, 4.69) is 17.0 Å². The SMILES string of the molecule is CN(CCOC(=O)c1c2ccc(OCC#N)cc2n2ccccc12)Cc1ccccc1. The first-order chi connectivity index (χ1) is 15.2. The number of nitriles is 1. The number of likely N-dealkylation sites (N-methyl/N-ethyl adjacent to an activating group) is 1. The Bertz CT molecular complexity index is 1240. The van der Waals surface area contributed by atoms with E-state index in [1.165, 1.54) is 5.56 Å². The van der Waals surface area contributed by atoms with Crippen LogP contribution in [-0.4, -0.2) is 42.1 Å². The molecule has 4 aromatic rings. The van der Waals surface area contributed by atoms with Crippen molar-refractivity contribution in [1.29, 1.82) is 5.26 Å². The van der Waals surface area contributed by atoms with E-state index < -0.39 is 0 Å². The van der Waals surface area contributed by atoms with Gasteiger partial charge in [0.1, 0.15) is 18.4 Å². The first-order valence-corrected chi connectivity index (χ1v) is 10.1. The van der Waals surface area contributed by atoms with Crippen LogP contribution >= 0.6 is 0 Å². The number of hydrogen-bond donors (Lipinski definition) is 0. The molecule has 6 heteroatoms. The number of pyridine rings is 1. The van der Waals surface area contributed by atoms with Crippen molar-refractivity contribution < 1.29 is 14.3 Å². The molecule has 0 radical (unpaired) electrons. The van der Waals surface area contributed by atoms with Crippen molar-refractivity contribution in [1.82, 2.24) is 9.30 Å². The zero-order valence-corrected chi connectivity index (χ0v) is 17.3. The molecule has 0 aliphatic heterocycles. The van der Waals surface area contributed by atoms with Crippen molar-refractivity contribution >= 4 is 22.4 Å². The topological polar surface area (TPSA) is 67.0 Å². The molecule has 0 amide bonds. The fraction of sp³-hybridized carbons (Fsp3) is 0.200. The second-order valence-corrected chi connectivity index (χ2v) is 7.32. The first-order valence-electron chi connectivity index (χ1n) is 10.1. The Labute approximate surface area is 180 Å². The molecule has 0 fully saturated rings. The minimum absolute atomic E-state index is 0.0276. The number of carbonyl (C=O) groups excluding carboxylic acids is 1. The fourth-order valence-corrected chi connectivity index (χ4v) is 3.68. The van der Waals surface area contributed by atoms with Crippen LogP contribution in [0, 0.1) is 11.3 Å². The van der Waals surface area contributed by atoms with Crippen molar-refractivity contribution in [2.75, 3.05) is 26.8 Å². The van der Waals surface area contributed by atoms with Gasteiger partial charge in [-0.1, -0.05) is 36.4 Å². The number of ether oxygens (including phenoxy) is 2. The Kier molecular flexibility index (Phi) is 6.16. The summed E-state index contributed by atoms with van der Waals surface area (Å²) < 4.78 is 13.0. The summed E-state index contributed by atoms with van der Waals surface area (Å²) in [6.07, 6.45) is 1.90. The number of rotatable bonds is 8. The van der Waals surface area contributed by atoms with E-state index >= 15 is 0 Å². The molecule has 0 spiro atoms. The van der Waals surface area contributed by atoms with Gasteiger partial charge in [0.05, 0.1) is 16.6 Å². The van der Waals surface area contributed by atoms with E-state index in [1.807, 2.05) is 72.2 Å². The van der Waals surface area contributed by atoms with E-state index in [9.17, 15) is 4.79 Å². The third-order valence-corrected chi connectivity index (χ3v) is 5.12. The highest BCUT2D eigenvalue weighted by Crippen LogP contribution is 2.30. The van der Waals surface area contributed by atoms with Crippen molar-refractivity contribution in [2.24, 2.45) is 0 Å². The highest BCUT2D eigenvalue weighted by atomic mass is 16.5. The van der Waals surface area contributed by atoms with Gasteiger partial charge in [-0.15, -0.1) is 0 Å². The van der Waals surface area contributed by atoms with Gasteiger partial charge in [-0.25, -0.2) is 4.79 Å². The van der Waals surface area contributed by atoms with Crippen LogP contribution in [0.25, 0.3) is 16.4 Å². The van der Waals surface area contributed by atoms with Crippen molar-refractivity contribution in [3.05, 3.63) is 84.1 Å². The average Bonchev–Trinajstić information content (AvgIpc) is 3.12. The molecule has 4 rings (SSSR count). The van der Waals surface area contributed by atoms with Crippen molar-refractivity contribution in [2.45, 2.75) is 6.54 Å². The summed E-state index contributed by atoms with van der Waals surface area (Å²) >= 11 is 0. The Morgan fingerprint density at radius 3 is 2.68 bits per heavy atom. The van der Waals surface area contributed by atoms with E-state index in [0.29, 0.717) is 24.5 Å². The zero-order chi connectivity index (χ0) is 21.6. The smallest absolute Gasteiger partial charge is 0.341 e. The van der Waals surface area contributed by atoms with Crippen LogP contribution in [0.15, 0.2) is 72.9 Å². The number of esters is 1. The number of fused-ring (bicyclic) bond motifs is 3. The number of hydrogen-bond acceptors (Lipinski definition) is 5. The molecule has 0 aliphatic rings. The lowest BCUT2D eigenvalue weighted by molar-refractivity contribution is 0.0475. The average molecular weight is 413 g/mol. The molecule has 2 heterocycles. The van der Waals surface area contributed by atoms with Crippen LogP contribution in [0.3, 0.4) is 0 Å². The van der Waals surface area contributed by atoms with Gasteiger partial charge in [0.2, 0.25) is 0 Å². The third kappa shape index (κ3) is 4.52. The predicted molar refractivity (Wildman–Crippen MR) is 119 cm³/mol. The highest BCUT2D eigenvalue weighted by molar-refractivity contribution is 6.11. The van der Waals surface area contributed by atoms with Gasteiger partial charge in [-0.2, -0.15) is 5.26 Å². The summed E-state index contributed by atoms with van der Waals surface area (Å²) in [7, 11) is 2.01. The number of aromatic nitrogens is 1. The lowest BCUT2D eigenvalue weighted by Gasteiger charge is -2.16. The van der Waals surface area contributed by atoms with Crippen molar-refractivity contribution in [3.8, 4) is 11.8 Å². The van der Waals surface area contributed by atoms with Gasteiger partial charge in [0, 0.05) is 30.7 Å². The zero-order valence-electron chi connectivity index (χ0n) is 17.3. The quantitative estimate of drug-likeness (QED) is 0.403. The van der Waals surface area contributed by atoms with Crippen LogP contribution in [0.2, 0.25) is 0 Å². The Morgan fingerprint density at radius 2 is 1.87 bits per heavy atom. The summed E-state index contributed by atoms with van der Waals surface area (Å²) in [5.74, 6) is 0.234. The normalized spacial score (nSPS) is 11.0. The largest absolute Gasteiger partial charge is 0.479 e. The van der Waals surface area contributed by atoms with Crippen LogP contribution in [-0.2, 0) is 11.3 Å². The predicted octanol–water partition coefficient (Wildman–Crippen LogP) is 4.28. The standard InChI is InChI=1S/C25H23N3O3/c1-27(18-19-7-3-2-4-8-19)14-16-31-25(29)24-21-11-10-20(30-15-12-26)17-23(21)28-13-6-5-9-22(24)28/h2-11,13,17H,14-16,18H2,1H3. The molecule has 156 valence electrons. The lowest BCUT2D eigenvalue weighted by Crippen LogP contribution is -2.24. The summed E-state index contributed by atoms with van der Waals surface area (Å²) in [4.78, 5) is 15.1. The molecule has 0 bridgehead atoms. The maximum atomic E-state index is 13.0. The van der Waals surface area contributed by atoms with Crippen LogP contribution in [0.1, 0.15) is 15.9 Å². The van der Waals surface area contributed by atoms with Gasteiger partial charge < -0.3 is 13.9 Å². The minimum atomic E-state index is -0.350. The molecule has 31 heavy (non-hydrogen) atoms.